The van der Waals surface area contributed by atoms with E-state index in [4.69, 9.17) is 16.3 Å². The number of aromatic carboxylic acids is 1. The van der Waals surface area contributed by atoms with Crippen LogP contribution in [-0.4, -0.2) is 23.1 Å². The maximum atomic E-state index is 14.0. The molecule has 0 spiro atoms. The van der Waals surface area contributed by atoms with Gasteiger partial charge in [0.15, 0.2) is 0 Å². The molecular formula is C26H24ClNO4. The van der Waals surface area contributed by atoms with Crippen LogP contribution in [0.3, 0.4) is 0 Å². The van der Waals surface area contributed by atoms with Crippen molar-refractivity contribution < 1.29 is 19.4 Å². The maximum Gasteiger partial charge on any atom is 0.335 e. The Balaban J connectivity index is 1.89. The molecule has 4 rings (SSSR count). The summed E-state index contributed by atoms with van der Waals surface area (Å²) in [6, 6.07) is 17.5. The van der Waals surface area contributed by atoms with Crippen molar-refractivity contribution in [3.05, 3.63) is 87.9 Å². The quantitative estimate of drug-likeness (QED) is 0.509. The van der Waals surface area contributed by atoms with Crippen LogP contribution >= 0.6 is 11.6 Å². The molecule has 0 fully saturated rings. The SMILES string of the molecule is Cc1cc(OC(C)C)ccc1C1(C)C(=O)N(c2cccc(C(=O)O)c2)c2ccc(Cl)cc21. The minimum Gasteiger partial charge on any atom is -0.491 e. The number of anilines is 2. The van der Waals surface area contributed by atoms with Crippen LogP contribution in [0.1, 0.15) is 47.8 Å². The largest absolute Gasteiger partial charge is 0.491 e. The van der Waals surface area contributed by atoms with Gasteiger partial charge in [0.05, 0.1) is 22.8 Å². The summed E-state index contributed by atoms with van der Waals surface area (Å²) in [5, 5.41) is 9.95. The topological polar surface area (TPSA) is 66.8 Å². The highest BCUT2D eigenvalue weighted by molar-refractivity contribution is 6.31. The van der Waals surface area contributed by atoms with E-state index in [9.17, 15) is 14.7 Å². The molecule has 0 aliphatic carbocycles. The van der Waals surface area contributed by atoms with Crippen molar-refractivity contribution in [3.8, 4) is 5.75 Å². The molecule has 1 amide bonds. The minimum absolute atomic E-state index is 0.0421. The summed E-state index contributed by atoms with van der Waals surface area (Å²) < 4.78 is 5.81. The monoisotopic (exact) mass is 449 g/mol. The van der Waals surface area contributed by atoms with E-state index in [1.54, 1.807) is 29.2 Å². The van der Waals surface area contributed by atoms with E-state index in [0.717, 1.165) is 22.4 Å². The molecule has 0 bridgehead atoms. The third kappa shape index (κ3) is 3.53. The molecule has 0 saturated carbocycles. The Morgan fingerprint density at radius 3 is 2.47 bits per heavy atom. The molecule has 0 saturated heterocycles. The fraction of sp³-hybridized carbons (Fsp3) is 0.231. The van der Waals surface area contributed by atoms with Crippen LogP contribution in [0, 0.1) is 6.92 Å². The van der Waals surface area contributed by atoms with Crippen LogP contribution in [0.5, 0.6) is 5.75 Å². The Hall–Kier alpha value is -3.31. The first kappa shape index (κ1) is 21.9. The highest BCUT2D eigenvalue weighted by atomic mass is 35.5. The van der Waals surface area contributed by atoms with Crippen molar-refractivity contribution >= 4 is 34.9 Å². The number of carbonyl (C=O) groups is 2. The van der Waals surface area contributed by atoms with Gasteiger partial charge in [-0.25, -0.2) is 4.79 Å². The maximum absolute atomic E-state index is 14.0. The molecule has 0 aromatic heterocycles. The summed E-state index contributed by atoms with van der Waals surface area (Å²) in [6.45, 7) is 7.77. The van der Waals surface area contributed by atoms with Crippen molar-refractivity contribution in [2.24, 2.45) is 0 Å². The fourth-order valence-electron chi connectivity index (χ4n) is 4.39. The van der Waals surface area contributed by atoms with Gasteiger partial charge in [-0.2, -0.15) is 0 Å². The van der Waals surface area contributed by atoms with E-state index in [1.807, 2.05) is 52.0 Å². The number of amides is 1. The first-order valence-corrected chi connectivity index (χ1v) is 10.8. The predicted molar refractivity (Wildman–Crippen MR) is 125 cm³/mol. The van der Waals surface area contributed by atoms with E-state index >= 15 is 0 Å². The number of halogens is 1. The average Bonchev–Trinajstić information content (AvgIpc) is 2.95. The van der Waals surface area contributed by atoms with Gasteiger partial charge in [-0.15, -0.1) is 0 Å². The number of nitrogens with zero attached hydrogens (tertiary/aromatic N) is 1. The van der Waals surface area contributed by atoms with Gasteiger partial charge in [-0.1, -0.05) is 23.7 Å². The molecule has 3 aromatic carbocycles. The Morgan fingerprint density at radius 2 is 1.81 bits per heavy atom. The normalized spacial score (nSPS) is 17.6. The molecule has 1 aliphatic rings. The molecule has 3 aromatic rings. The van der Waals surface area contributed by atoms with Gasteiger partial charge in [0.25, 0.3) is 0 Å². The number of rotatable bonds is 5. The second-order valence-electron chi connectivity index (χ2n) is 8.43. The van der Waals surface area contributed by atoms with Gasteiger partial charge in [0, 0.05) is 10.7 Å². The molecular weight excluding hydrogens is 426 g/mol. The number of ether oxygens (including phenoxy) is 1. The smallest absolute Gasteiger partial charge is 0.335 e. The summed E-state index contributed by atoms with van der Waals surface area (Å²) in [5.41, 5.74) is 2.85. The first-order valence-electron chi connectivity index (χ1n) is 10.4. The molecule has 1 N–H and O–H groups in total. The van der Waals surface area contributed by atoms with Crippen LogP contribution in [0.2, 0.25) is 5.02 Å². The molecule has 164 valence electrons. The van der Waals surface area contributed by atoms with Crippen LogP contribution in [0.25, 0.3) is 0 Å². The zero-order valence-electron chi connectivity index (χ0n) is 18.3. The number of carboxylic acids is 1. The molecule has 1 aliphatic heterocycles. The predicted octanol–water partition coefficient (Wildman–Crippen LogP) is 6.12. The lowest BCUT2D eigenvalue weighted by Crippen LogP contribution is -2.37. The summed E-state index contributed by atoms with van der Waals surface area (Å²) in [5.74, 6) is -0.472. The molecule has 6 heteroatoms. The van der Waals surface area contributed by atoms with Gasteiger partial charge in [0.1, 0.15) is 5.75 Å². The molecule has 1 heterocycles. The molecule has 1 atom stereocenters. The van der Waals surface area contributed by atoms with Crippen LogP contribution in [-0.2, 0) is 10.2 Å². The number of hydrogen-bond acceptors (Lipinski definition) is 3. The molecule has 5 nitrogen and oxygen atoms in total. The fourth-order valence-corrected chi connectivity index (χ4v) is 4.56. The number of carbonyl (C=O) groups excluding carboxylic acids is 1. The zero-order valence-corrected chi connectivity index (χ0v) is 19.1. The number of aryl methyl sites for hydroxylation is 1. The van der Waals surface area contributed by atoms with Crippen molar-refractivity contribution in [2.75, 3.05) is 4.90 Å². The summed E-state index contributed by atoms with van der Waals surface area (Å²) in [7, 11) is 0. The van der Waals surface area contributed by atoms with Crippen molar-refractivity contribution in [3.63, 3.8) is 0 Å². The average molecular weight is 450 g/mol. The Morgan fingerprint density at radius 1 is 1.06 bits per heavy atom. The summed E-state index contributed by atoms with van der Waals surface area (Å²) in [4.78, 5) is 27.1. The van der Waals surface area contributed by atoms with Gasteiger partial charge in [0.2, 0.25) is 5.91 Å². The van der Waals surface area contributed by atoms with Crippen molar-refractivity contribution in [1.29, 1.82) is 0 Å². The van der Waals surface area contributed by atoms with Gasteiger partial charge < -0.3 is 9.84 Å². The third-order valence-corrected chi connectivity index (χ3v) is 6.06. The van der Waals surface area contributed by atoms with E-state index < -0.39 is 11.4 Å². The second kappa shape index (κ2) is 7.99. The number of benzene rings is 3. The van der Waals surface area contributed by atoms with E-state index in [1.165, 1.54) is 12.1 Å². The van der Waals surface area contributed by atoms with Crippen LogP contribution < -0.4 is 9.64 Å². The van der Waals surface area contributed by atoms with Crippen LogP contribution in [0.15, 0.2) is 60.7 Å². The lowest BCUT2D eigenvalue weighted by molar-refractivity contribution is -0.120. The minimum atomic E-state index is -1.05. The Labute approximate surface area is 192 Å². The van der Waals surface area contributed by atoms with E-state index in [0.29, 0.717) is 16.4 Å². The lowest BCUT2D eigenvalue weighted by Gasteiger charge is -2.27. The standard InChI is InChI=1S/C26H24ClNO4/c1-15(2)32-20-9-10-21(16(3)12-20)26(4)22-14-18(27)8-11-23(22)28(25(26)31)19-7-5-6-17(13-19)24(29)30/h5-15H,1-4H3,(H,29,30). The van der Waals surface area contributed by atoms with Gasteiger partial charge in [-0.3, -0.25) is 9.69 Å². The number of hydrogen-bond donors (Lipinski definition) is 1. The number of carboxylic acid groups (broad SMARTS) is 1. The zero-order chi connectivity index (χ0) is 23.2. The third-order valence-electron chi connectivity index (χ3n) is 5.83. The highest BCUT2D eigenvalue weighted by Crippen LogP contribution is 2.50. The second-order valence-corrected chi connectivity index (χ2v) is 8.86. The van der Waals surface area contributed by atoms with Crippen molar-refractivity contribution in [2.45, 2.75) is 39.2 Å². The first-order chi connectivity index (χ1) is 15.1. The van der Waals surface area contributed by atoms with E-state index in [2.05, 4.69) is 0 Å². The van der Waals surface area contributed by atoms with E-state index in [-0.39, 0.29) is 17.6 Å². The summed E-state index contributed by atoms with van der Waals surface area (Å²) >= 11 is 6.34. The summed E-state index contributed by atoms with van der Waals surface area (Å²) in [6.07, 6.45) is 0.0421. The molecule has 0 radical (unpaired) electrons. The van der Waals surface area contributed by atoms with Crippen molar-refractivity contribution in [1.82, 2.24) is 0 Å². The van der Waals surface area contributed by atoms with Gasteiger partial charge >= 0.3 is 5.97 Å². The number of fused-ring (bicyclic) bond motifs is 1. The molecule has 32 heavy (non-hydrogen) atoms. The highest BCUT2D eigenvalue weighted by Gasteiger charge is 2.50. The van der Waals surface area contributed by atoms with Crippen LogP contribution in [0.4, 0.5) is 11.4 Å². The Bertz CT molecular complexity index is 1240. The molecule has 1 unspecified atom stereocenters. The Kier molecular flexibility index (Phi) is 5.47. The van der Waals surface area contributed by atoms with Gasteiger partial charge in [-0.05, 0) is 92.9 Å². The lowest BCUT2D eigenvalue weighted by atomic mass is 9.75.